The number of carboxylic acid groups (broad SMARTS) is 1. The minimum atomic E-state index is -1.49. The number of aromatic hydroxyl groups is 1. The van der Waals surface area contributed by atoms with Crippen LogP contribution in [0, 0.1) is 5.92 Å². The molecule has 0 fully saturated rings. The molecule has 2 aromatic carbocycles. The van der Waals surface area contributed by atoms with Gasteiger partial charge < -0.3 is 10.2 Å². The fourth-order valence-electron chi connectivity index (χ4n) is 2.95. The number of rotatable bonds is 5. The fourth-order valence-corrected chi connectivity index (χ4v) is 2.95. The SMILES string of the molecule is CC(C)Cc1ccc(-c2ccccc2-n2cc(O)c(=O)c(C(=O)O)n2)cc1. The third-order valence-electron chi connectivity index (χ3n) is 4.16. The number of nitrogens with zero attached hydrogens (tertiary/aromatic N) is 2. The smallest absolute Gasteiger partial charge is 0.360 e. The van der Waals surface area contributed by atoms with Crippen LogP contribution in [0.1, 0.15) is 29.9 Å². The van der Waals surface area contributed by atoms with Crippen LogP contribution in [0.3, 0.4) is 0 Å². The summed E-state index contributed by atoms with van der Waals surface area (Å²) < 4.78 is 1.22. The van der Waals surface area contributed by atoms with Gasteiger partial charge in [0.2, 0.25) is 5.69 Å². The quantitative estimate of drug-likeness (QED) is 0.723. The highest BCUT2D eigenvalue weighted by atomic mass is 16.4. The Kier molecular flexibility index (Phi) is 5.07. The van der Waals surface area contributed by atoms with E-state index in [1.54, 1.807) is 12.1 Å². The Morgan fingerprint density at radius 3 is 2.41 bits per heavy atom. The van der Waals surface area contributed by atoms with Crippen molar-refractivity contribution in [2.45, 2.75) is 20.3 Å². The Bertz CT molecular complexity index is 1040. The van der Waals surface area contributed by atoms with E-state index in [9.17, 15) is 14.7 Å². The van der Waals surface area contributed by atoms with Crippen LogP contribution >= 0.6 is 0 Å². The standard InChI is InChI=1S/C21H20N2O4/c1-13(2)11-14-7-9-15(10-8-14)16-5-3-4-6-17(16)23-12-18(24)20(25)19(22-23)21(26)27/h3-10,12-13,24H,11H2,1-2H3,(H,26,27). The summed E-state index contributed by atoms with van der Waals surface area (Å²) in [4.78, 5) is 23.0. The number of aromatic nitrogens is 2. The Balaban J connectivity index is 2.10. The van der Waals surface area contributed by atoms with E-state index in [1.807, 2.05) is 24.3 Å². The topological polar surface area (TPSA) is 92.4 Å². The molecule has 0 saturated heterocycles. The molecule has 2 N–H and O–H groups in total. The molecule has 0 amide bonds. The van der Waals surface area contributed by atoms with Crippen molar-refractivity contribution in [3.8, 4) is 22.6 Å². The van der Waals surface area contributed by atoms with E-state index in [1.165, 1.54) is 10.2 Å². The van der Waals surface area contributed by atoms with Crippen LogP contribution in [0.2, 0.25) is 0 Å². The second kappa shape index (κ2) is 7.45. The van der Waals surface area contributed by atoms with Gasteiger partial charge in [-0.1, -0.05) is 56.3 Å². The van der Waals surface area contributed by atoms with Gasteiger partial charge in [0.05, 0.1) is 11.9 Å². The summed E-state index contributed by atoms with van der Waals surface area (Å²) in [6, 6.07) is 15.4. The first kappa shape index (κ1) is 18.4. The molecular weight excluding hydrogens is 344 g/mol. The molecule has 0 saturated carbocycles. The van der Waals surface area contributed by atoms with Crippen molar-refractivity contribution in [2.75, 3.05) is 0 Å². The van der Waals surface area contributed by atoms with E-state index in [2.05, 4.69) is 31.1 Å². The number of hydrogen-bond donors (Lipinski definition) is 2. The molecule has 0 unspecified atom stereocenters. The Morgan fingerprint density at radius 1 is 1.11 bits per heavy atom. The predicted octanol–water partition coefficient (Wildman–Crippen LogP) is 3.50. The molecule has 0 aliphatic heterocycles. The molecule has 3 rings (SSSR count). The van der Waals surface area contributed by atoms with Gasteiger partial charge in [0.15, 0.2) is 5.75 Å². The van der Waals surface area contributed by atoms with Crippen LogP contribution in [0.4, 0.5) is 0 Å². The van der Waals surface area contributed by atoms with E-state index >= 15 is 0 Å². The summed E-state index contributed by atoms with van der Waals surface area (Å²) in [5, 5.41) is 22.9. The van der Waals surface area contributed by atoms with Gasteiger partial charge in [0, 0.05) is 5.56 Å². The highest BCUT2D eigenvalue weighted by Gasteiger charge is 2.17. The molecule has 3 aromatic rings. The maximum Gasteiger partial charge on any atom is 0.360 e. The van der Waals surface area contributed by atoms with Crippen molar-refractivity contribution in [3.05, 3.63) is 76.2 Å². The number of para-hydroxylation sites is 1. The summed E-state index contributed by atoms with van der Waals surface area (Å²) >= 11 is 0. The van der Waals surface area contributed by atoms with E-state index in [-0.39, 0.29) is 0 Å². The van der Waals surface area contributed by atoms with E-state index in [0.29, 0.717) is 11.6 Å². The zero-order valence-corrected chi connectivity index (χ0v) is 15.1. The highest BCUT2D eigenvalue weighted by Crippen LogP contribution is 2.27. The summed E-state index contributed by atoms with van der Waals surface area (Å²) in [5.41, 5.74) is 1.80. The van der Waals surface area contributed by atoms with Crippen molar-refractivity contribution in [2.24, 2.45) is 5.92 Å². The van der Waals surface area contributed by atoms with Crippen LogP contribution in [-0.2, 0) is 6.42 Å². The molecular formula is C21H20N2O4. The Morgan fingerprint density at radius 2 is 1.78 bits per heavy atom. The molecule has 27 heavy (non-hydrogen) atoms. The van der Waals surface area contributed by atoms with Crippen LogP contribution in [0.25, 0.3) is 16.8 Å². The van der Waals surface area contributed by atoms with Gasteiger partial charge in [-0.15, -0.1) is 0 Å². The summed E-state index contributed by atoms with van der Waals surface area (Å²) in [7, 11) is 0. The molecule has 6 heteroatoms. The third-order valence-corrected chi connectivity index (χ3v) is 4.16. The lowest BCUT2D eigenvalue weighted by molar-refractivity contribution is 0.0686. The van der Waals surface area contributed by atoms with Crippen molar-refractivity contribution in [1.82, 2.24) is 9.78 Å². The Labute approximate surface area is 156 Å². The lowest BCUT2D eigenvalue weighted by Crippen LogP contribution is -2.21. The number of hydrogen-bond acceptors (Lipinski definition) is 4. The van der Waals surface area contributed by atoms with E-state index in [4.69, 9.17) is 5.11 Å². The maximum atomic E-state index is 11.8. The van der Waals surface area contributed by atoms with Crippen molar-refractivity contribution in [3.63, 3.8) is 0 Å². The van der Waals surface area contributed by atoms with Gasteiger partial charge in [-0.3, -0.25) is 4.79 Å². The lowest BCUT2D eigenvalue weighted by Gasteiger charge is -2.13. The van der Waals surface area contributed by atoms with Crippen LogP contribution < -0.4 is 5.43 Å². The maximum absolute atomic E-state index is 11.8. The average Bonchev–Trinajstić information content (AvgIpc) is 2.64. The number of carboxylic acids is 1. The molecule has 0 aliphatic rings. The first-order valence-corrected chi connectivity index (χ1v) is 8.61. The zero-order valence-electron chi connectivity index (χ0n) is 15.1. The second-order valence-corrected chi connectivity index (χ2v) is 6.75. The molecule has 0 spiro atoms. The molecule has 0 radical (unpaired) electrons. The van der Waals surface area contributed by atoms with E-state index in [0.717, 1.165) is 23.7 Å². The monoisotopic (exact) mass is 364 g/mol. The van der Waals surface area contributed by atoms with Gasteiger partial charge in [-0.25, -0.2) is 9.48 Å². The average molecular weight is 364 g/mol. The molecule has 1 heterocycles. The minimum Gasteiger partial charge on any atom is -0.503 e. The predicted molar refractivity (Wildman–Crippen MR) is 102 cm³/mol. The summed E-state index contributed by atoms with van der Waals surface area (Å²) in [5.74, 6) is -1.59. The molecule has 1 aromatic heterocycles. The van der Waals surface area contributed by atoms with Gasteiger partial charge in [-0.2, -0.15) is 5.10 Å². The summed E-state index contributed by atoms with van der Waals surface area (Å²) in [6.07, 6.45) is 2.11. The van der Waals surface area contributed by atoms with Gasteiger partial charge in [0.25, 0.3) is 5.43 Å². The minimum absolute atomic E-state index is 0.561. The third kappa shape index (κ3) is 3.89. The first-order chi connectivity index (χ1) is 12.9. The lowest BCUT2D eigenvalue weighted by atomic mass is 9.98. The normalized spacial score (nSPS) is 10.9. The first-order valence-electron chi connectivity index (χ1n) is 8.61. The fraction of sp³-hybridized carbons (Fsp3) is 0.190. The Hall–Kier alpha value is -3.41. The van der Waals surface area contributed by atoms with Crippen LogP contribution in [-0.4, -0.2) is 26.0 Å². The largest absolute Gasteiger partial charge is 0.503 e. The second-order valence-electron chi connectivity index (χ2n) is 6.75. The molecule has 0 atom stereocenters. The van der Waals surface area contributed by atoms with Crippen LogP contribution in [0.15, 0.2) is 59.5 Å². The van der Waals surface area contributed by atoms with Gasteiger partial charge in [0.1, 0.15) is 0 Å². The van der Waals surface area contributed by atoms with E-state index < -0.39 is 22.8 Å². The number of aromatic carboxylic acids is 1. The van der Waals surface area contributed by atoms with Crippen molar-refractivity contribution < 1.29 is 15.0 Å². The highest BCUT2D eigenvalue weighted by molar-refractivity contribution is 5.85. The van der Waals surface area contributed by atoms with Crippen LogP contribution in [0.5, 0.6) is 5.75 Å². The molecule has 138 valence electrons. The van der Waals surface area contributed by atoms with Crippen molar-refractivity contribution in [1.29, 1.82) is 0 Å². The summed E-state index contributed by atoms with van der Waals surface area (Å²) in [6.45, 7) is 4.33. The number of benzene rings is 2. The zero-order chi connectivity index (χ0) is 19.6. The molecule has 6 nitrogen and oxygen atoms in total. The molecule has 0 aliphatic carbocycles. The molecule has 0 bridgehead atoms. The van der Waals surface area contributed by atoms with Gasteiger partial charge >= 0.3 is 5.97 Å². The van der Waals surface area contributed by atoms with Gasteiger partial charge in [-0.05, 0) is 29.5 Å². The number of carbonyl (C=O) groups is 1. The van der Waals surface area contributed by atoms with Crippen molar-refractivity contribution >= 4 is 5.97 Å².